The monoisotopic (exact) mass is 244 g/mol. The number of rotatable bonds is 6. The van der Waals surface area contributed by atoms with Crippen LogP contribution in [0.2, 0.25) is 0 Å². The molecule has 0 heterocycles. The standard InChI is InChI=1S/C11H17FN2O3/c1-15-8-6-4-5-7(9(8)12)10(14-13)11(16-2)17-3/h4-6,10-11,14H,13H2,1-3H3. The van der Waals surface area contributed by atoms with Crippen LogP contribution in [0.3, 0.4) is 0 Å². The minimum Gasteiger partial charge on any atom is -0.494 e. The fraction of sp³-hybridized carbons (Fsp3) is 0.455. The number of nitrogens with two attached hydrogens (primary N) is 1. The van der Waals surface area contributed by atoms with E-state index in [2.05, 4.69) is 5.43 Å². The summed E-state index contributed by atoms with van der Waals surface area (Å²) in [6.07, 6.45) is -0.693. The number of benzene rings is 1. The van der Waals surface area contributed by atoms with Crippen LogP contribution in [0.4, 0.5) is 4.39 Å². The molecule has 1 aromatic rings. The summed E-state index contributed by atoms with van der Waals surface area (Å²) in [6, 6.07) is 4.17. The van der Waals surface area contributed by atoms with Gasteiger partial charge in [-0.1, -0.05) is 12.1 Å². The van der Waals surface area contributed by atoms with Crippen LogP contribution in [-0.4, -0.2) is 27.6 Å². The second-order valence-electron chi connectivity index (χ2n) is 3.35. The zero-order valence-corrected chi connectivity index (χ0v) is 10.1. The van der Waals surface area contributed by atoms with Crippen molar-refractivity contribution in [3.05, 3.63) is 29.6 Å². The molecule has 96 valence electrons. The van der Waals surface area contributed by atoms with Crippen LogP contribution in [0.1, 0.15) is 11.6 Å². The van der Waals surface area contributed by atoms with E-state index in [1.807, 2.05) is 0 Å². The Bertz CT molecular complexity index is 359. The van der Waals surface area contributed by atoms with Crippen molar-refractivity contribution in [1.29, 1.82) is 0 Å². The summed E-state index contributed by atoms with van der Waals surface area (Å²) in [7, 11) is 4.31. The van der Waals surface area contributed by atoms with E-state index in [0.717, 1.165) is 0 Å². The summed E-state index contributed by atoms with van der Waals surface area (Å²) < 4.78 is 29.0. The number of hydrogen-bond donors (Lipinski definition) is 2. The smallest absolute Gasteiger partial charge is 0.177 e. The first-order chi connectivity index (χ1) is 8.19. The lowest BCUT2D eigenvalue weighted by Gasteiger charge is -2.25. The average molecular weight is 244 g/mol. The summed E-state index contributed by atoms with van der Waals surface area (Å²) in [5.41, 5.74) is 2.79. The van der Waals surface area contributed by atoms with Crippen molar-refractivity contribution < 1.29 is 18.6 Å². The molecule has 0 fully saturated rings. The first-order valence-electron chi connectivity index (χ1n) is 5.03. The molecule has 0 radical (unpaired) electrons. The summed E-state index contributed by atoms with van der Waals surface area (Å²) in [4.78, 5) is 0. The predicted octanol–water partition coefficient (Wildman–Crippen LogP) is 0.958. The number of hydrogen-bond acceptors (Lipinski definition) is 5. The molecular formula is C11H17FN2O3. The van der Waals surface area contributed by atoms with E-state index in [-0.39, 0.29) is 5.75 Å². The molecule has 6 heteroatoms. The van der Waals surface area contributed by atoms with Crippen LogP contribution in [0.15, 0.2) is 18.2 Å². The Hall–Kier alpha value is -1.21. The summed E-state index contributed by atoms with van der Waals surface area (Å²) in [5, 5.41) is 0. The first-order valence-corrected chi connectivity index (χ1v) is 5.03. The van der Waals surface area contributed by atoms with E-state index < -0.39 is 18.1 Å². The molecule has 3 N–H and O–H groups in total. The van der Waals surface area contributed by atoms with E-state index in [1.165, 1.54) is 27.4 Å². The first kappa shape index (κ1) is 13.9. The molecule has 17 heavy (non-hydrogen) atoms. The maximum atomic E-state index is 14.0. The van der Waals surface area contributed by atoms with Crippen molar-refractivity contribution in [1.82, 2.24) is 5.43 Å². The molecule has 1 rings (SSSR count). The number of nitrogens with one attached hydrogen (secondary N) is 1. The largest absolute Gasteiger partial charge is 0.494 e. The highest BCUT2D eigenvalue weighted by atomic mass is 19.1. The lowest BCUT2D eigenvalue weighted by Crippen LogP contribution is -2.39. The molecule has 1 aromatic carbocycles. The van der Waals surface area contributed by atoms with Crippen molar-refractivity contribution in [2.24, 2.45) is 5.84 Å². The Kier molecular flexibility index (Phi) is 5.30. The van der Waals surface area contributed by atoms with Crippen molar-refractivity contribution in [2.75, 3.05) is 21.3 Å². The van der Waals surface area contributed by atoms with Gasteiger partial charge >= 0.3 is 0 Å². The normalized spacial score (nSPS) is 12.8. The van der Waals surface area contributed by atoms with Crippen LogP contribution in [0.5, 0.6) is 5.75 Å². The Labute approximate surface area is 99.6 Å². The lowest BCUT2D eigenvalue weighted by molar-refractivity contribution is -0.124. The van der Waals surface area contributed by atoms with E-state index in [0.29, 0.717) is 5.56 Å². The van der Waals surface area contributed by atoms with E-state index in [4.69, 9.17) is 20.1 Å². The Morgan fingerprint density at radius 3 is 2.35 bits per heavy atom. The molecule has 5 nitrogen and oxygen atoms in total. The number of methoxy groups -OCH3 is 3. The van der Waals surface area contributed by atoms with E-state index in [9.17, 15) is 4.39 Å². The highest BCUT2D eigenvalue weighted by molar-refractivity contribution is 5.33. The van der Waals surface area contributed by atoms with Gasteiger partial charge in [0.2, 0.25) is 0 Å². The Balaban J connectivity index is 3.11. The Morgan fingerprint density at radius 2 is 1.88 bits per heavy atom. The van der Waals surface area contributed by atoms with Gasteiger partial charge < -0.3 is 14.2 Å². The van der Waals surface area contributed by atoms with Gasteiger partial charge in [0.1, 0.15) is 0 Å². The van der Waals surface area contributed by atoms with Gasteiger partial charge in [-0.25, -0.2) is 9.82 Å². The lowest BCUT2D eigenvalue weighted by atomic mass is 10.1. The maximum absolute atomic E-state index is 14.0. The van der Waals surface area contributed by atoms with E-state index in [1.54, 1.807) is 12.1 Å². The number of halogens is 1. The average Bonchev–Trinajstić information content (AvgIpc) is 2.36. The maximum Gasteiger partial charge on any atom is 0.177 e. The molecular weight excluding hydrogens is 227 g/mol. The zero-order chi connectivity index (χ0) is 12.8. The molecule has 0 saturated carbocycles. The molecule has 0 aliphatic rings. The van der Waals surface area contributed by atoms with Crippen LogP contribution >= 0.6 is 0 Å². The third kappa shape index (κ3) is 2.92. The van der Waals surface area contributed by atoms with E-state index >= 15 is 0 Å². The van der Waals surface area contributed by atoms with Crippen LogP contribution in [-0.2, 0) is 9.47 Å². The molecule has 0 spiro atoms. The third-order valence-corrected chi connectivity index (χ3v) is 2.46. The molecule has 1 atom stereocenters. The van der Waals surface area contributed by atoms with Crippen molar-refractivity contribution in [3.63, 3.8) is 0 Å². The van der Waals surface area contributed by atoms with Crippen molar-refractivity contribution in [2.45, 2.75) is 12.3 Å². The van der Waals surface area contributed by atoms with Crippen LogP contribution < -0.4 is 16.0 Å². The molecule has 0 saturated heterocycles. The van der Waals surface area contributed by atoms with Gasteiger partial charge in [0.15, 0.2) is 17.9 Å². The minimum absolute atomic E-state index is 0.147. The van der Waals surface area contributed by atoms with Gasteiger partial charge in [0, 0.05) is 19.8 Å². The summed E-state index contributed by atoms with van der Waals surface area (Å²) >= 11 is 0. The van der Waals surface area contributed by atoms with Gasteiger partial charge in [0.25, 0.3) is 0 Å². The molecule has 0 amide bonds. The molecule has 1 unspecified atom stereocenters. The Morgan fingerprint density at radius 1 is 1.24 bits per heavy atom. The second-order valence-corrected chi connectivity index (χ2v) is 3.35. The zero-order valence-electron chi connectivity index (χ0n) is 10.1. The highest BCUT2D eigenvalue weighted by Crippen LogP contribution is 2.27. The third-order valence-electron chi connectivity index (χ3n) is 2.46. The van der Waals surface area contributed by atoms with Crippen molar-refractivity contribution in [3.8, 4) is 5.75 Å². The fourth-order valence-electron chi connectivity index (χ4n) is 1.61. The molecule has 0 aliphatic heterocycles. The number of hydrazine groups is 1. The summed E-state index contributed by atoms with van der Waals surface area (Å²) in [6.45, 7) is 0. The van der Waals surface area contributed by atoms with Crippen molar-refractivity contribution >= 4 is 0 Å². The quantitative estimate of drug-likeness (QED) is 0.443. The van der Waals surface area contributed by atoms with Gasteiger partial charge in [-0.15, -0.1) is 0 Å². The molecule has 0 bridgehead atoms. The fourth-order valence-corrected chi connectivity index (χ4v) is 1.61. The van der Waals surface area contributed by atoms with Crippen LogP contribution in [0, 0.1) is 5.82 Å². The molecule has 0 aliphatic carbocycles. The van der Waals surface area contributed by atoms with Gasteiger partial charge in [-0.05, 0) is 6.07 Å². The SMILES string of the molecule is COc1cccc(C(NN)C(OC)OC)c1F. The van der Waals surface area contributed by atoms with Crippen LogP contribution in [0.25, 0.3) is 0 Å². The minimum atomic E-state index is -0.693. The van der Waals surface area contributed by atoms with Gasteiger partial charge in [-0.3, -0.25) is 5.84 Å². The van der Waals surface area contributed by atoms with Gasteiger partial charge in [0.05, 0.1) is 13.2 Å². The molecule has 0 aromatic heterocycles. The summed E-state index contributed by atoms with van der Waals surface area (Å²) in [5.74, 6) is 5.06. The highest BCUT2D eigenvalue weighted by Gasteiger charge is 2.25. The second kappa shape index (κ2) is 6.51. The predicted molar refractivity (Wildman–Crippen MR) is 60.8 cm³/mol. The van der Waals surface area contributed by atoms with Gasteiger partial charge in [-0.2, -0.15) is 0 Å². The topological polar surface area (TPSA) is 65.7 Å². The number of ether oxygens (including phenoxy) is 3.